The Morgan fingerprint density at radius 1 is 1.21 bits per heavy atom. The molecule has 1 aliphatic heterocycles. The zero-order valence-electron chi connectivity index (χ0n) is 14.1. The van der Waals surface area contributed by atoms with Gasteiger partial charge in [0.25, 0.3) is 0 Å². The van der Waals surface area contributed by atoms with Crippen LogP contribution in [0.25, 0.3) is 0 Å². The molecule has 1 heterocycles. The van der Waals surface area contributed by atoms with E-state index in [-0.39, 0.29) is 37.0 Å². The second kappa shape index (κ2) is 9.27. The van der Waals surface area contributed by atoms with Crippen LogP contribution in [-0.2, 0) is 20.9 Å². The van der Waals surface area contributed by atoms with Crippen molar-refractivity contribution in [3.8, 4) is 0 Å². The Morgan fingerprint density at radius 3 is 2.50 bits per heavy atom. The maximum Gasteiger partial charge on any atom is 0.410 e. The van der Waals surface area contributed by atoms with Crippen molar-refractivity contribution >= 4 is 12.1 Å². The molecule has 1 aromatic rings. The number of carbonyl (C=O) groups is 2. The Hall–Kier alpha value is -2.08. The zero-order valence-corrected chi connectivity index (χ0v) is 14.1. The van der Waals surface area contributed by atoms with E-state index in [1.54, 1.807) is 11.8 Å². The molecule has 1 aliphatic rings. The van der Waals surface area contributed by atoms with Crippen LogP contribution in [-0.4, -0.2) is 42.7 Å². The smallest absolute Gasteiger partial charge is 0.410 e. The largest absolute Gasteiger partial charge is 0.466 e. The summed E-state index contributed by atoms with van der Waals surface area (Å²) in [6, 6.07) is 9.39. The Labute approximate surface area is 142 Å². The predicted octanol–water partition coefficient (Wildman–Crippen LogP) is 2.32. The third-order valence-electron chi connectivity index (χ3n) is 4.32. The number of benzene rings is 1. The van der Waals surface area contributed by atoms with E-state index in [1.165, 1.54) is 0 Å². The van der Waals surface area contributed by atoms with Gasteiger partial charge in [-0.1, -0.05) is 30.3 Å². The molecule has 2 rings (SSSR count). The molecule has 6 heteroatoms. The molecule has 0 saturated carbocycles. The van der Waals surface area contributed by atoms with Gasteiger partial charge in [-0.25, -0.2) is 4.79 Å². The van der Waals surface area contributed by atoms with Gasteiger partial charge in [0.2, 0.25) is 0 Å². The third kappa shape index (κ3) is 5.53. The highest BCUT2D eigenvalue weighted by Gasteiger charge is 2.28. The summed E-state index contributed by atoms with van der Waals surface area (Å²) in [4.78, 5) is 25.3. The molecule has 0 aromatic heterocycles. The number of amides is 1. The fraction of sp³-hybridized carbons (Fsp3) is 0.556. The second-order valence-corrected chi connectivity index (χ2v) is 6.04. The van der Waals surface area contributed by atoms with Gasteiger partial charge in [0.15, 0.2) is 0 Å². The molecular formula is C18H26N2O4. The van der Waals surface area contributed by atoms with Crippen molar-refractivity contribution in [2.24, 2.45) is 11.7 Å². The van der Waals surface area contributed by atoms with E-state index in [0.717, 1.165) is 18.4 Å². The van der Waals surface area contributed by atoms with Crippen LogP contribution in [0, 0.1) is 5.92 Å². The Morgan fingerprint density at radius 2 is 1.88 bits per heavy atom. The van der Waals surface area contributed by atoms with Crippen molar-refractivity contribution in [1.29, 1.82) is 0 Å². The molecule has 1 atom stereocenters. The van der Waals surface area contributed by atoms with Crippen molar-refractivity contribution in [2.75, 3.05) is 19.7 Å². The van der Waals surface area contributed by atoms with Crippen molar-refractivity contribution in [3.63, 3.8) is 0 Å². The molecule has 1 unspecified atom stereocenters. The minimum atomic E-state index is -0.295. The summed E-state index contributed by atoms with van der Waals surface area (Å²) in [6.45, 7) is 3.64. The van der Waals surface area contributed by atoms with E-state index in [0.29, 0.717) is 19.7 Å². The summed E-state index contributed by atoms with van der Waals surface area (Å²) < 4.78 is 10.3. The topological polar surface area (TPSA) is 81.9 Å². The average Bonchev–Trinajstić information content (AvgIpc) is 2.61. The summed E-state index contributed by atoms with van der Waals surface area (Å²) in [7, 11) is 0. The van der Waals surface area contributed by atoms with E-state index in [9.17, 15) is 9.59 Å². The monoisotopic (exact) mass is 334 g/mol. The minimum Gasteiger partial charge on any atom is -0.466 e. The van der Waals surface area contributed by atoms with Gasteiger partial charge in [0, 0.05) is 19.1 Å². The highest BCUT2D eigenvalue weighted by molar-refractivity contribution is 5.70. The average molecular weight is 334 g/mol. The molecule has 132 valence electrons. The van der Waals surface area contributed by atoms with Crippen LogP contribution in [0.5, 0.6) is 0 Å². The first-order valence-corrected chi connectivity index (χ1v) is 8.47. The van der Waals surface area contributed by atoms with Gasteiger partial charge in [-0.3, -0.25) is 4.79 Å². The number of rotatable bonds is 6. The standard InChI is InChI=1S/C18H26N2O4/c1-2-23-17(21)12-16(19)15-8-10-20(11-9-15)18(22)24-13-14-6-4-3-5-7-14/h3-7,15-16H,2,8-13,19H2,1H3. The van der Waals surface area contributed by atoms with Crippen molar-refractivity contribution in [1.82, 2.24) is 4.90 Å². The van der Waals surface area contributed by atoms with Gasteiger partial charge in [0.05, 0.1) is 13.0 Å². The minimum absolute atomic E-state index is 0.216. The van der Waals surface area contributed by atoms with Crippen LogP contribution in [0.1, 0.15) is 31.7 Å². The molecule has 1 saturated heterocycles. The normalized spacial score (nSPS) is 16.5. The molecular weight excluding hydrogens is 308 g/mol. The third-order valence-corrected chi connectivity index (χ3v) is 4.32. The molecule has 1 amide bonds. The lowest BCUT2D eigenvalue weighted by Gasteiger charge is -2.33. The van der Waals surface area contributed by atoms with Gasteiger partial charge in [0.1, 0.15) is 6.61 Å². The number of carbonyl (C=O) groups excluding carboxylic acids is 2. The maximum atomic E-state index is 12.1. The van der Waals surface area contributed by atoms with E-state index in [2.05, 4.69) is 0 Å². The molecule has 1 aromatic carbocycles. The van der Waals surface area contributed by atoms with Crippen molar-refractivity contribution in [3.05, 3.63) is 35.9 Å². The number of likely N-dealkylation sites (tertiary alicyclic amines) is 1. The van der Waals surface area contributed by atoms with Crippen LogP contribution >= 0.6 is 0 Å². The Bertz CT molecular complexity index is 527. The molecule has 0 spiro atoms. The number of nitrogens with zero attached hydrogens (tertiary/aromatic N) is 1. The molecule has 6 nitrogen and oxygen atoms in total. The SMILES string of the molecule is CCOC(=O)CC(N)C1CCN(C(=O)OCc2ccccc2)CC1. The van der Waals surface area contributed by atoms with Crippen LogP contribution in [0.4, 0.5) is 4.79 Å². The van der Waals surface area contributed by atoms with Crippen LogP contribution in [0.3, 0.4) is 0 Å². The van der Waals surface area contributed by atoms with E-state index < -0.39 is 0 Å². The lowest BCUT2D eigenvalue weighted by Crippen LogP contribution is -2.44. The van der Waals surface area contributed by atoms with Gasteiger partial charge in [-0.2, -0.15) is 0 Å². The molecule has 0 radical (unpaired) electrons. The predicted molar refractivity (Wildman–Crippen MR) is 90.1 cm³/mol. The lowest BCUT2D eigenvalue weighted by molar-refractivity contribution is -0.143. The summed E-state index contributed by atoms with van der Waals surface area (Å²) in [5, 5.41) is 0. The van der Waals surface area contributed by atoms with E-state index in [1.807, 2.05) is 30.3 Å². The fourth-order valence-corrected chi connectivity index (χ4v) is 2.90. The first-order chi connectivity index (χ1) is 11.6. The van der Waals surface area contributed by atoms with Gasteiger partial charge in [-0.05, 0) is 31.2 Å². The molecule has 2 N–H and O–H groups in total. The Balaban J connectivity index is 1.71. The number of nitrogens with two attached hydrogens (primary N) is 1. The molecule has 1 fully saturated rings. The fourth-order valence-electron chi connectivity index (χ4n) is 2.90. The summed E-state index contributed by atoms with van der Waals surface area (Å²) in [5.41, 5.74) is 7.07. The van der Waals surface area contributed by atoms with Crippen molar-refractivity contribution in [2.45, 2.75) is 38.8 Å². The van der Waals surface area contributed by atoms with Crippen LogP contribution in [0.2, 0.25) is 0 Å². The number of piperidine rings is 1. The maximum absolute atomic E-state index is 12.1. The lowest BCUT2D eigenvalue weighted by atomic mass is 9.88. The van der Waals surface area contributed by atoms with E-state index in [4.69, 9.17) is 15.2 Å². The molecule has 0 bridgehead atoms. The van der Waals surface area contributed by atoms with E-state index >= 15 is 0 Å². The van der Waals surface area contributed by atoms with Crippen LogP contribution < -0.4 is 5.73 Å². The molecule has 0 aliphatic carbocycles. The number of esters is 1. The van der Waals surface area contributed by atoms with Crippen LogP contribution in [0.15, 0.2) is 30.3 Å². The highest BCUT2D eigenvalue weighted by atomic mass is 16.6. The summed E-state index contributed by atoms with van der Waals surface area (Å²) in [5.74, 6) is -0.0257. The Kier molecular flexibility index (Phi) is 7.06. The highest BCUT2D eigenvalue weighted by Crippen LogP contribution is 2.22. The van der Waals surface area contributed by atoms with Gasteiger partial charge in [-0.15, -0.1) is 0 Å². The number of hydrogen-bond donors (Lipinski definition) is 1. The first-order valence-electron chi connectivity index (χ1n) is 8.47. The summed E-state index contributed by atoms with van der Waals surface area (Å²) in [6.07, 6.45) is 1.50. The molecule has 24 heavy (non-hydrogen) atoms. The quantitative estimate of drug-likeness (QED) is 0.807. The number of hydrogen-bond acceptors (Lipinski definition) is 5. The number of ether oxygens (including phenoxy) is 2. The van der Waals surface area contributed by atoms with Crippen molar-refractivity contribution < 1.29 is 19.1 Å². The first kappa shape index (κ1) is 18.3. The van der Waals surface area contributed by atoms with Gasteiger partial charge >= 0.3 is 12.1 Å². The zero-order chi connectivity index (χ0) is 17.4. The van der Waals surface area contributed by atoms with Gasteiger partial charge < -0.3 is 20.1 Å². The summed E-state index contributed by atoms with van der Waals surface area (Å²) >= 11 is 0. The second-order valence-electron chi connectivity index (χ2n) is 6.04.